The van der Waals surface area contributed by atoms with E-state index in [1.807, 2.05) is 19.9 Å². The summed E-state index contributed by atoms with van der Waals surface area (Å²) in [6, 6.07) is 3.61. The molecule has 0 aliphatic rings. The number of rotatable bonds is 2. The van der Waals surface area contributed by atoms with Crippen LogP contribution in [-0.2, 0) is 0 Å². The highest BCUT2D eigenvalue weighted by molar-refractivity contribution is 9.10. The molecule has 0 saturated carbocycles. The van der Waals surface area contributed by atoms with E-state index in [0.717, 1.165) is 22.0 Å². The van der Waals surface area contributed by atoms with E-state index in [4.69, 9.17) is 0 Å². The van der Waals surface area contributed by atoms with Gasteiger partial charge in [0.15, 0.2) is 6.29 Å². The number of aldehydes is 1. The molecule has 68 valence electrons. The zero-order chi connectivity index (χ0) is 9.84. The number of halogens is 1. The van der Waals surface area contributed by atoms with Crippen LogP contribution in [0.4, 0.5) is 5.69 Å². The van der Waals surface area contributed by atoms with E-state index < -0.39 is 0 Å². The predicted molar refractivity (Wildman–Crippen MR) is 58.1 cm³/mol. The second-order valence-electron chi connectivity index (χ2n) is 2.62. The highest BCUT2D eigenvalue weighted by Crippen LogP contribution is 2.28. The van der Waals surface area contributed by atoms with Crippen molar-refractivity contribution in [2.75, 3.05) is 0 Å². The van der Waals surface area contributed by atoms with Gasteiger partial charge in [-0.05, 0) is 31.5 Å². The van der Waals surface area contributed by atoms with Crippen LogP contribution in [0.2, 0.25) is 0 Å². The van der Waals surface area contributed by atoms with E-state index in [-0.39, 0.29) is 0 Å². The third-order valence-electron chi connectivity index (χ3n) is 1.78. The molecular formula is C10H10BrNO. The maximum Gasteiger partial charge on any atom is 0.152 e. The Hall–Kier alpha value is -0.960. The Kier molecular flexibility index (Phi) is 3.37. The van der Waals surface area contributed by atoms with Crippen molar-refractivity contribution >= 4 is 34.1 Å². The molecule has 3 heteroatoms. The minimum absolute atomic E-state index is 0.624. The Morgan fingerprint density at radius 1 is 1.46 bits per heavy atom. The number of aliphatic imine (C=N–C) groups is 1. The van der Waals surface area contributed by atoms with Crippen LogP contribution in [0.1, 0.15) is 22.8 Å². The van der Waals surface area contributed by atoms with Gasteiger partial charge in [-0.25, -0.2) is 0 Å². The number of nitrogens with zero attached hydrogens (tertiary/aromatic N) is 1. The molecule has 0 N–H and O–H groups in total. The van der Waals surface area contributed by atoms with Gasteiger partial charge in [-0.1, -0.05) is 15.9 Å². The quantitative estimate of drug-likeness (QED) is 0.576. The lowest BCUT2D eigenvalue weighted by molar-refractivity contribution is 0.112. The van der Waals surface area contributed by atoms with Gasteiger partial charge in [-0.3, -0.25) is 9.79 Å². The fourth-order valence-corrected chi connectivity index (χ4v) is 1.41. The van der Waals surface area contributed by atoms with Crippen molar-refractivity contribution in [1.29, 1.82) is 0 Å². The fraction of sp³-hybridized carbons (Fsp3) is 0.200. The highest BCUT2D eigenvalue weighted by Gasteiger charge is 2.05. The van der Waals surface area contributed by atoms with E-state index in [9.17, 15) is 4.79 Å². The average molecular weight is 240 g/mol. The molecular weight excluding hydrogens is 230 g/mol. The predicted octanol–water partition coefficient (Wildman–Crippen LogP) is 3.29. The second kappa shape index (κ2) is 4.33. The summed E-state index contributed by atoms with van der Waals surface area (Å²) in [4.78, 5) is 14.8. The van der Waals surface area contributed by atoms with E-state index in [1.165, 1.54) is 0 Å². The van der Waals surface area contributed by atoms with Gasteiger partial charge in [-0.2, -0.15) is 0 Å². The Morgan fingerprint density at radius 2 is 2.15 bits per heavy atom. The Morgan fingerprint density at radius 3 is 2.69 bits per heavy atom. The minimum atomic E-state index is 0.624. The Labute approximate surface area is 85.8 Å². The summed E-state index contributed by atoms with van der Waals surface area (Å²) in [5.41, 5.74) is 2.35. The molecule has 1 rings (SSSR count). The lowest BCUT2D eigenvalue weighted by atomic mass is 10.1. The summed E-state index contributed by atoms with van der Waals surface area (Å²) in [6.45, 7) is 3.76. The normalized spacial score (nSPS) is 10.7. The van der Waals surface area contributed by atoms with Crippen LogP contribution in [0.5, 0.6) is 0 Å². The zero-order valence-electron chi connectivity index (χ0n) is 7.54. The van der Waals surface area contributed by atoms with Gasteiger partial charge < -0.3 is 0 Å². The van der Waals surface area contributed by atoms with Gasteiger partial charge in [0.05, 0.1) is 5.69 Å². The SMILES string of the molecule is CC=Nc1c(C=O)ccc(Br)c1C. The van der Waals surface area contributed by atoms with Crippen LogP contribution < -0.4 is 0 Å². The number of hydrogen-bond acceptors (Lipinski definition) is 2. The van der Waals surface area contributed by atoms with Gasteiger partial charge in [-0.15, -0.1) is 0 Å². The molecule has 0 heterocycles. The summed E-state index contributed by atoms with van der Waals surface area (Å²) in [5.74, 6) is 0. The first-order chi connectivity index (χ1) is 6.20. The molecule has 1 aromatic rings. The Bertz CT molecular complexity index is 358. The molecule has 0 radical (unpaired) electrons. The van der Waals surface area contributed by atoms with Gasteiger partial charge in [0.1, 0.15) is 0 Å². The molecule has 0 aliphatic heterocycles. The summed E-state index contributed by atoms with van der Waals surface area (Å²) in [6.07, 6.45) is 2.50. The van der Waals surface area contributed by atoms with E-state index in [2.05, 4.69) is 20.9 Å². The monoisotopic (exact) mass is 239 g/mol. The van der Waals surface area contributed by atoms with Crippen LogP contribution >= 0.6 is 15.9 Å². The maximum atomic E-state index is 10.7. The van der Waals surface area contributed by atoms with Crippen molar-refractivity contribution in [3.8, 4) is 0 Å². The van der Waals surface area contributed by atoms with Crippen molar-refractivity contribution in [2.45, 2.75) is 13.8 Å². The molecule has 0 spiro atoms. The van der Waals surface area contributed by atoms with Crippen molar-refractivity contribution in [2.24, 2.45) is 4.99 Å². The first-order valence-electron chi connectivity index (χ1n) is 3.93. The average Bonchev–Trinajstić information content (AvgIpc) is 2.14. The van der Waals surface area contributed by atoms with Gasteiger partial charge in [0.25, 0.3) is 0 Å². The molecule has 0 saturated heterocycles. The fourth-order valence-electron chi connectivity index (χ4n) is 1.09. The van der Waals surface area contributed by atoms with E-state index in [1.54, 1.807) is 12.3 Å². The number of benzene rings is 1. The molecule has 2 nitrogen and oxygen atoms in total. The first kappa shape index (κ1) is 10.1. The molecule has 0 amide bonds. The van der Waals surface area contributed by atoms with Gasteiger partial charge >= 0.3 is 0 Å². The summed E-state index contributed by atoms with van der Waals surface area (Å²) < 4.78 is 0.971. The standard InChI is InChI=1S/C10H10BrNO/c1-3-12-10-7(2)9(11)5-4-8(10)6-13/h3-6H,1-2H3. The number of hydrogen-bond donors (Lipinski definition) is 0. The van der Waals surface area contributed by atoms with Crippen LogP contribution in [0, 0.1) is 6.92 Å². The van der Waals surface area contributed by atoms with Crippen molar-refractivity contribution in [3.05, 3.63) is 27.7 Å². The molecule has 0 aromatic heterocycles. The molecule has 0 fully saturated rings. The lowest BCUT2D eigenvalue weighted by Crippen LogP contribution is -1.86. The van der Waals surface area contributed by atoms with Gasteiger partial charge in [0, 0.05) is 16.3 Å². The lowest BCUT2D eigenvalue weighted by Gasteiger charge is -2.04. The largest absolute Gasteiger partial charge is 0.298 e. The summed E-state index contributed by atoms with van der Waals surface area (Å²) in [7, 11) is 0. The van der Waals surface area contributed by atoms with E-state index in [0.29, 0.717) is 5.56 Å². The third-order valence-corrected chi connectivity index (χ3v) is 2.64. The van der Waals surface area contributed by atoms with Crippen LogP contribution in [-0.4, -0.2) is 12.5 Å². The highest BCUT2D eigenvalue weighted by atomic mass is 79.9. The molecule has 0 atom stereocenters. The molecule has 0 unspecified atom stereocenters. The molecule has 1 aromatic carbocycles. The smallest absolute Gasteiger partial charge is 0.152 e. The van der Waals surface area contributed by atoms with Crippen LogP contribution in [0.25, 0.3) is 0 Å². The number of carbonyl (C=O) groups excluding carboxylic acids is 1. The van der Waals surface area contributed by atoms with Crippen LogP contribution in [0.3, 0.4) is 0 Å². The second-order valence-corrected chi connectivity index (χ2v) is 3.47. The zero-order valence-corrected chi connectivity index (χ0v) is 9.13. The topological polar surface area (TPSA) is 29.4 Å². The first-order valence-corrected chi connectivity index (χ1v) is 4.73. The Balaban J connectivity index is 3.40. The van der Waals surface area contributed by atoms with Crippen molar-refractivity contribution < 1.29 is 4.79 Å². The van der Waals surface area contributed by atoms with Gasteiger partial charge in [0.2, 0.25) is 0 Å². The molecule has 0 aliphatic carbocycles. The molecule has 0 bridgehead atoms. The van der Waals surface area contributed by atoms with Crippen molar-refractivity contribution in [3.63, 3.8) is 0 Å². The van der Waals surface area contributed by atoms with Crippen LogP contribution in [0.15, 0.2) is 21.6 Å². The summed E-state index contributed by atoms with van der Waals surface area (Å²) in [5, 5.41) is 0. The minimum Gasteiger partial charge on any atom is -0.298 e. The number of carbonyl (C=O) groups is 1. The van der Waals surface area contributed by atoms with Crippen molar-refractivity contribution in [1.82, 2.24) is 0 Å². The molecule has 13 heavy (non-hydrogen) atoms. The maximum absolute atomic E-state index is 10.7. The third kappa shape index (κ3) is 2.04. The summed E-state index contributed by atoms with van der Waals surface area (Å²) >= 11 is 3.39. The van der Waals surface area contributed by atoms with E-state index >= 15 is 0 Å².